The SMILES string of the molecule is CN(Cc1ccccc1)C(=O)CCc1ncc(C(N)=O)s1.Cl. The van der Waals surface area contributed by atoms with Crippen molar-refractivity contribution in [2.75, 3.05) is 7.05 Å². The van der Waals surface area contributed by atoms with Crippen LogP contribution in [0.2, 0.25) is 0 Å². The molecule has 1 heterocycles. The van der Waals surface area contributed by atoms with E-state index < -0.39 is 5.91 Å². The fraction of sp³-hybridized carbons (Fsp3) is 0.267. The molecule has 0 aliphatic heterocycles. The van der Waals surface area contributed by atoms with Crippen LogP contribution in [0.4, 0.5) is 0 Å². The van der Waals surface area contributed by atoms with Gasteiger partial charge in [-0.15, -0.1) is 23.7 Å². The van der Waals surface area contributed by atoms with Crippen molar-refractivity contribution in [1.29, 1.82) is 0 Å². The second-order valence-electron chi connectivity index (χ2n) is 4.72. The maximum atomic E-state index is 12.1. The van der Waals surface area contributed by atoms with Gasteiger partial charge in [0.2, 0.25) is 5.91 Å². The molecule has 0 atom stereocenters. The molecule has 1 aromatic carbocycles. The Kier molecular flexibility index (Phi) is 7.01. The highest BCUT2D eigenvalue weighted by Crippen LogP contribution is 2.14. The summed E-state index contributed by atoms with van der Waals surface area (Å²) in [6, 6.07) is 9.83. The molecule has 1 aromatic heterocycles. The number of nitrogens with two attached hydrogens (primary N) is 1. The number of primary amides is 1. The van der Waals surface area contributed by atoms with Gasteiger partial charge in [0.25, 0.3) is 5.91 Å². The topological polar surface area (TPSA) is 76.3 Å². The van der Waals surface area contributed by atoms with E-state index in [1.807, 2.05) is 30.3 Å². The van der Waals surface area contributed by atoms with Crippen molar-refractivity contribution in [1.82, 2.24) is 9.88 Å². The van der Waals surface area contributed by atoms with Crippen LogP contribution >= 0.6 is 23.7 Å². The molecule has 0 radical (unpaired) electrons. The van der Waals surface area contributed by atoms with Crippen LogP contribution in [0, 0.1) is 0 Å². The Morgan fingerprint density at radius 3 is 2.55 bits per heavy atom. The average molecular weight is 340 g/mol. The van der Waals surface area contributed by atoms with Crippen molar-refractivity contribution in [2.45, 2.75) is 19.4 Å². The Balaban J connectivity index is 0.00000242. The van der Waals surface area contributed by atoms with Crippen LogP contribution in [0.15, 0.2) is 36.5 Å². The molecule has 0 aliphatic carbocycles. The fourth-order valence-corrected chi connectivity index (χ4v) is 2.66. The molecule has 0 saturated heterocycles. The molecule has 0 saturated carbocycles. The molecule has 2 aromatic rings. The lowest BCUT2D eigenvalue weighted by atomic mass is 10.2. The number of carbonyl (C=O) groups is 2. The molecular weight excluding hydrogens is 322 g/mol. The molecule has 5 nitrogen and oxygen atoms in total. The monoisotopic (exact) mass is 339 g/mol. The van der Waals surface area contributed by atoms with Gasteiger partial charge in [-0.1, -0.05) is 30.3 Å². The van der Waals surface area contributed by atoms with Crippen LogP contribution in [-0.2, 0) is 17.8 Å². The van der Waals surface area contributed by atoms with E-state index in [4.69, 9.17) is 5.73 Å². The zero-order valence-corrected chi connectivity index (χ0v) is 13.8. The van der Waals surface area contributed by atoms with Crippen molar-refractivity contribution < 1.29 is 9.59 Å². The number of rotatable bonds is 6. The maximum absolute atomic E-state index is 12.1. The molecule has 0 unspecified atom stereocenters. The van der Waals surface area contributed by atoms with E-state index in [1.54, 1.807) is 11.9 Å². The van der Waals surface area contributed by atoms with Gasteiger partial charge in [-0.2, -0.15) is 0 Å². The normalized spacial score (nSPS) is 9.86. The first-order valence-electron chi connectivity index (χ1n) is 6.58. The highest BCUT2D eigenvalue weighted by molar-refractivity contribution is 7.13. The number of aryl methyl sites for hydroxylation is 1. The second kappa shape index (κ2) is 8.51. The van der Waals surface area contributed by atoms with E-state index in [2.05, 4.69) is 4.98 Å². The highest BCUT2D eigenvalue weighted by Gasteiger charge is 2.12. The van der Waals surface area contributed by atoms with Crippen molar-refractivity contribution >= 4 is 35.6 Å². The van der Waals surface area contributed by atoms with Gasteiger partial charge in [0.05, 0.1) is 11.2 Å². The van der Waals surface area contributed by atoms with Crippen LogP contribution in [0.5, 0.6) is 0 Å². The molecule has 118 valence electrons. The summed E-state index contributed by atoms with van der Waals surface area (Å²) in [6.07, 6.45) is 2.35. The molecule has 22 heavy (non-hydrogen) atoms. The Hall–Kier alpha value is -1.92. The fourth-order valence-electron chi connectivity index (χ4n) is 1.89. The molecule has 2 amide bonds. The Morgan fingerprint density at radius 1 is 1.27 bits per heavy atom. The van der Waals surface area contributed by atoms with Crippen molar-refractivity contribution in [3.63, 3.8) is 0 Å². The van der Waals surface area contributed by atoms with Gasteiger partial charge in [-0.25, -0.2) is 4.98 Å². The van der Waals surface area contributed by atoms with Crippen molar-refractivity contribution in [3.05, 3.63) is 52.0 Å². The first-order chi connectivity index (χ1) is 10.1. The van der Waals surface area contributed by atoms with Crippen LogP contribution < -0.4 is 5.73 Å². The van der Waals surface area contributed by atoms with Crippen molar-refractivity contribution in [2.24, 2.45) is 5.73 Å². The van der Waals surface area contributed by atoms with Crippen LogP contribution in [-0.4, -0.2) is 28.7 Å². The Labute approximate surface area is 139 Å². The smallest absolute Gasteiger partial charge is 0.260 e. The van der Waals surface area contributed by atoms with Gasteiger partial charge in [-0.3, -0.25) is 9.59 Å². The lowest BCUT2D eigenvalue weighted by Crippen LogP contribution is -2.26. The number of hydrogen-bond acceptors (Lipinski definition) is 4. The quantitative estimate of drug-likeness (QED) is 0.877. The highest BCUT2D eigenvalue weighted by atomic mass is 35.5. The van der Waals surface area contributed by atoms with Gasteiger partial charge in [0, 0.05) is 26.4 Å². The molecule has 7 heteroatoms. The standard InChI is InChI=1S/C15H17N3O2S.ClH/c1-18(10-11-5-3-2-4-6-11)14(19)8-7-13-17-9-12(21-13)15(16)20;/h2-6,9H,7-8,10H2,1H3,(H2,16,20);1H. The van der Waals surface area contributed by atoms with Crippen LogP contribution in [0.3, 0.4) is 0 Å². The maximum Gasteiger partial charge on any atom is 0.260 e. The van der Waals surface area contributed by atoms with Gasteiger partial charge in [0.1, 0.15) is 4.88 Å². The predicted molar refractivity (Wildman–Crippen MR) is 89.1 cm³/mol. The van der Waals surface area contributed by atoms with Crippen LogP contribution in [0.25, 0.3) is 0 Å². The molecule has 0 bridgehead atoms. The number of halogens is 1. The van der Waals surface area contributed by atoms with Gasteiger partial charge >= 0.3 is 0 Å². The van der Waals surface area contributed by atoms with Gasteiger partial charge < -0.3 is 10.6 Å². The first-order valence-corrected chi connectivity index (χ1v) is 7.40. The minimum absolute atomic E-state index is 0. The molecule has 2 N–H and O–H groups in total. The number of carbonyl (C=O) groups excluding carboxylic acids is 2. The number of aromatic nitrogens is 1. The van der Waals surface area contributed by atoms with E-state index >= 15 is 0 Å². The molecular formula is C15H18ClN3O2S. The minimum atomic E-state index is -0.480. The third-order valence-electron chi connectivity index (χ3n) is 3.04. The average Bonchev–Trinajstić information content (AvgIpc) is 2.95. The zero-order chi connectivity index (χ0) is 15.2. The Morgan fingerprint density at radius 2 is 1.95 bits per heavy atom. The lowest BCUT2D eigenvalue weighted by Gasteiger charge is -2.16. The number of nitrogens with zero attached hydrogens (tertiary/aromatic N) is 2. The summed E-state index contributed by atoms with van der Waals surface area (Å²) < 4.78 is 0. The number of hydrogen-bond donors (Lipinski definition) is 1. The minimum Gasteiger partial charge on any atom is -0.365 e. The molecule has 0 aliphatic rings. The summed E-state index contributed by atoms with van der Waals surface area (Å²) in [7, 11) is 1.78. The number of thiazole rings is 1. The summed E-state index contributed by atoms with van der Waals surface area (Å²) in [5.74, 6) is -0.430. The summed E-state index contributed by atoms with van der Waals surface area (Å²) in [6.45, 7) is 0.587. The van der Waals surface area contributed by atoms with Gasteiger partial charge in [0.15, 0.2) is 0 Å². The summed E-state index contributed by atoms with van der Waals surface area (Å²) in [5.41, 5.74) is 6.27. The van der Waals surface area contributed by atoms with Crippen LogP contribution in [0.1, 0.15) is 26.7 Å². The summed E-state index contributed by atoms with van der Waals surface area (Å²) >= 11 is 1.24. The first kappa shape index (κ1) is 18.1. The third kappa shape index (κ3) is 5.13. The second-order valence-corrected chi connectivity index (χ2v) is 5.83. The lowest BCUT2D eigenvalue weighted by molar-refractivity contribution is -0.130. The van der Waals surface area contributed by atoms with E-state index in [0.717, 1.165) is 10.6 Å². The molecule has 0 fully saturated rings. The van der Waals surface area contributed by atoms with E-state index in [1.165, 1.54) is 17.5 Å². The summed E-state index contributed by atoms with van der Waals surface area (Å²) in [5, 5.41) is 0.755. The number of benzene rings is 1. The van der Waals surface area contributed by atoms with Crippen molar-refractivity contribution in [3.8, 4) is 0 Å². The van der Waals surface area contributed by atoms with Gasteiger partial charge in [-0.05, 0) is 5.56 Å². The Bertz CT molecular complexity index is 631. The largest absolute Gasteiger partial charge is 0.365 e. The molecule has 0 spiro atoms. The van der Waals surface area contributed by atoms with E-state index in [9.17, 15) is 9.59 Å². The predicted octanol–water partition coefficient (Wildman–Crippen LogP) is 2.25. The van der Waals surface area contributed by atoms with E-state index in [0.29, 0.717) is 24.3 Å². The summed E-state index contributed by atoms with van der Waals surface area (Å²) in [4.78, 5) is 29.3. The third-order valence-corrected chi connectivity index (χ3v) is 4.11. The van der Waals surface area contributed by atoms with E-state index in [-0.39, 0.29) is 18.3 Å². The molecule has 2 rings (SSSR count). The number of amides is 2. The zero-order valence-electron chi connectivity index (χ0n) is 12.2.